The van der Waals surface area contributed by atoms with Crippen LogP contribution in [0.5, 0.6) is 0 Å². The van der Waals surface area contributed by atoms with Crippen LogP contribution in [0, 0.1) is 0 Å². The summed E-state index contributed by atoms with van der Waals surface area (Å²) in [6, 6.07) is 20.6. The van der Waals surface area contributed by atoms with Gasteiger partial charge >= 0.3 is 0 Å². The summed E-state index contributed by atoms with van der Waals surface area (Å²) in [7, 11) is -3.89. The van der Waals surface area contributed by atoms with Crippen LogP contribution in [0.2, 0.25) is 0 Å². The topological polar surface area (TPSA) is 83.6 Å². The Morgan fingerprint density at radius 3 is 2.30 bits per heavy atom. The fourth-order valence-corrected chi connectivity index (χ4v) is 6.38. The number of likely N-dealkylation sites (tertiary alicyclic amines) is 1. The van der Waals surface area contributed by atoms with Gasteiger partial charge in [-0.2, -0.15) is 0 Å². The summed E-state index contributed by atoms with van der Waals surface area (Å²) in [6.45, 7) is 2.37. The summed E-state index contributed by atoms with van der Waals surface area (Å²) in [4.78, 5) is 28.1. The molecular formula is C26H24N2O4S. The molecule has 1 saturated heterocycles. The van der Waals surface area contributed by atoms with E-state index in [2.05, 4.69) is 22.3 Å². The molecule has 2 aliphatic heterocycles. The average Bonchev–Trinajstić information content (AvgIpc) is 3.38. The fraction of sp³-hybridized carbons (Fsp3) is 0.231. The predicted octanol–water partition coefficient (Wildman–Crippen LogP) is 3.63. The van der Waals surface area contributed by atoms with Crippen molar-refractivity contribution >= 4 is 21.5 Å². The van der Waals surface area contributed by atoms with Crippen LogP contribution in [-0.4, -0.2) is 44.6 Å². The minimum Gasteiger partial charge on any atom is -0.350 e. The van der Waals surface area contributed by atoms with Gasteiger partial charge in [-0.25, -0.2) is 8.42 Å². The Morgan fingerprint density at radius 2 is 1.55 bits per heavy atom. The van der Waals surface area contributed by atoms with Gasteiger partial charge in [-0.15, -0.1) is 0 Å². The van der Waals surface area contributed by atoms with E-state index >= 15 is 0 Å². The molecule has 0 radical (unpaired) electrons. The third-order valence-corrected chi connectivity index (χ3v) is 8.27. The molecular weight excluding hydrogens is 436 g/mol. The zero-order chi connectivity index (χ0) is 23.0. The second-order valence-electron chi connectivity index (χ2n) is 8.42. The third-order valence-electron chi connectivity index (χ3n) is 6.42. The summed E-state index contributed by atoms with van der Waals surface area (Å²) in [5.74, 6) is -0.708. The van der Waals surface area contributed by atoms with Gasteiger partial charge in [-0.3, -0.25) is 14.5 Å². The molecule has 1 unspecified atom stereocenters. The smallest absolute Gasteiger partial charge is 0.251 e. The maximum Gasteiger partial charge on any atom is 0.251 e. The first-order chi connectivity index (χ1) is 16.0. The summed E-state index contributed by atoms with van der Waals surface area (Å²) < 4.78 is 26.3. The summed E-state index contributed by atoms with van der Waals surface area (Å²) in [5, 5.41) is 2.98. The fourth-order valence-electron chi connectivity index (χ4n) is 4.70. The van der Waals surface area contributed by atoms with Gasteiger partial charge in [0.05, 0.1) is 15.8 Å². The molecule has 1 N–H and O–H groups in total. The molecule has 3 aromatic carbocycles. The number of hydrogen-bond donors (Lipinski definition) is 1. The summed E-state index contributed by atoms with van der Waals surface area (Å²) >= 11 is 0. The number of fused-ring (bicyclic) bond motifs is 2. The Morgan fingerprint density at radius 1 is 0.879 bits per heavy atom. The van der Waals surface area contributed by atoms with Gasteiger partial charge in [-0.05, 0) is 61.8 Å². The molecule has 1 fully saturated rings. The van der Waals surface area contributed by atoms with Crippen molar-refractivity contribution in [2.24, 2.45) is 0 Å². The lowest BCUT2D eigenvalue weighted by Gasteiger charge is -2.28. The van der Waals surface area contributed by atoms with Crippen molar-refractivity contribution in [2.75, 3.05) is 19.6 Å². The molecule has 3 aromatic rings. The van der Waals surface area contributed by atoms with E-state index in [-0.39, 0.29) is 44.2 Å². The minimum absolute atomic E-state index is 0.0155. The lowest BCUT2D eigenvalue weighted by atomic mass is 10.0. The van der Waals surface area contributed by atoms with Crippen LogP contribution in [0.3, 0.4) is 0 Å². The number of nitrogens with zero attached hydrogens (tertiary/aromatic N) is 1. The summed E-state index contributed by atoms with van der Waals surface area (Å²) in [5.41, 5.74) is 1.62. The van der Waals surface area contributed by atoms with Crippen LogP contribution in [0.4, 0.5) is 0 Å². The number of sulfone groups is 1. The van der Waals surface area contributed by atoms with E-state index in [0.717, 1.165) is 31.5 Å². The van der Waals surface area contributed by atoms with Crippen LogP contribution in [0.15, 0.2) is 82.6 Å². The Bertz CT molecular complexity index is 1330. The Balaban J connectivity index is 1.41. The Labute approximate surface area is 193 Å². The van der Waals surface area contributed by atoms with Gasteiger partial charge in [0.2, 0.25) is 9.84 Å². The lowest BCUT2D eigenvalue weighted by molar-refractivity contribution is 0.0936. The van der Waals surface area contributed by atoms with Crippen molar-refractivity contribution in [3.8, 4) is 0 Å². The second-order valence-corrected chi connectivity index (χ2v) is 10.3. The second kappa shape index (κ2) is 8.57. The summed E-state index contributed by atoms with van der Waals surface area (Å²) in [6.07, 6.45) is 2.27. The van der Waals surface area contributed by atoms with Crippen molar-refractivity contribution < 1.29 is 18.0 Å². The number of carbonyl (C=O) groups excluding carboxylic acids is 2. The molecule has 7 heteroatoms. The van der Waals surface area contributed by atoms with Crippen LogP contribution in [0.1, 0.15) is 50.7 Å². The number of amides is 1. The maximum absolute atomic E-state index is 13.2. The number of nitrogens with one attached hydrogen (secondary N) is 1. The molecule has 0 aliphatic carbocycles. The highest BCUT2D eigenvalue weighted by atomic mass is 32.2. The highest BCUT2D eigenvalue weighted by molar-refractivity contribution is 7.91. The Hall–Kier alpha value is -3.29. The normalized spacial score (nSPS) is 17.8. The van der Waals surface area contributed by atoms with E-state index in [4.69, 9.17) is 0 Å². The molecule has 5 rings (SSSR count). The van der Waals surface area contributed by atoms with E-state index in [9.17, 15) is 18.0 Å². The zero-order valence-electron chi connectivity index (χ0n) is 18.0. The number of rotatable bonds is 5. The quantitative estimate of drug-likeness (QED) is 0.492. The highest BCUT2D eigenvalue weighted by Gasteiger charge is 2.35. The number of ketones is 1. The first-order valence-electron chi connectivity index (χ1n) is 11.1. The van der Waals surface area contributed by atoms with E-state index in [1.807, 2.05) is 18.2 Å². The first-order valence-corrected chi connectivity index (χ1v) is 12.6. The van der Waals surface area contributed by atoms with Gasteiger partial charge in [0, 0.05) is 23.2 Å². The van der Waals surface area contributed by atoms with E-state index in [1.54, 1.807) is 12.1 Å². The first kappa shape index (κ1) is 21.6. The van der Waals surface area contributed by atoms with Gasteiger partial charge in [-0.1, -0.05) is 42.5 Å². The number of hydrogen-bond acceptors (Lipinski definition) is 5. The zero-order valence-corrected chi connectivity index (χ0v) is 18.8. The molecule has 1 atom stereocenters. The van der Waals surface area contributed by atoms with Gasteiger partial charge < -0.3 is 5.32 Å². The standard InChI is InChI=1S/C26H24N2O4S/c29-25-20-10-4-5-11-23(20)33(31,32)24-16-19(12-13-21(24)25)26(30)27-17-22(28-14-6-7-15-28)18-8-2-1-3-9-18/h1-5,8-13,16,22H,6-7,14-15,17H2,(H,27,30). The molecule has 0 bridgehead atoms. The van der Waals surface area contributed by atoms with Crippen molar-refractivity contribution in [3.05, 3.63) is 95.1 Å². The van der Waals surface area contributed by atoms with Crippen molar-refractivity contribution in [2.45, 2.75) is 28.7 Å². The molecule has 168 valence electrons. The minimum atomic E-state index is -3.89. The maximum atomic E-state index is 13.2. The number of benzene rings is 3. The lowest BCUT2D eigenvalue weighted by Crippen LogP contribution is -2.37. The molecule has 0 spiro atoms. The van der Waals surface area contributed by atoms with Gasteiger partial charge in [0.25, 0.3) is 5.91 Å². The van der Waals surface area contributed by atoms with Crippen LogP contribution < -0.4 is 5.32 Å². The molecule has 0 aromatic heterocycles. The van der Waals surface area contributed by atoms with Crippen molar-refractivity contribution in [3.63, 3.8) is 0 Å². The van der Waals surface area contributed by atoms with E-state index < -0.39 is 9.84 Å². The van der Waals surface area contributed by atoms with Gasteiger partial charge in [0.1, 0.15) is 0 Å². The highest BCUT2D eigenvalue weighted by Crippen LogP contribution is 2.34. The Kier molecular flexibility index (Phi) is 5.60. The predicted molar refractivity (Wildman–Crippen MR) is 124 cm³/mol. The monoisotopic (exact) mass is 460 g/mol. The molecule has 6 nitrogen and oxygen atoms in total. The third kappa shape index (κ3) is 3.87. The molecule has 1 amide bonds. The average molecular weight is 461 g/mol. The van der Waals surface area contributed by atoms with Crippen molar-refractivity contribution in [1.82, 2.24) is 10.2 Å². The van der Waals surface area contributed by atoms with Gasteiger partial charge in [0.15, 0.2) is 5.78 Å². The molecule has 33 heavy (non-hydrogen) atoms. The SMILES string of the molecule is O=C(NCC(c1ccccc1)N1CCCC1)c1ccc2c(c1)S(=O)(=O)c1ccccc1C2=O. The van der Waals surface area contributed by atoms with Crippen LogP contribution in [-0.2, 0) is 9.84 Å². The van der Waals surface area contributed by atoms with Crippen LogP contribution >= 0.6 is 0 Å². The molecule has 2 heterocycles. The molecule has 0 saturated carbocycles. The molecule has 2 aliphatic rings. The van der Waals surface area contributed by atoms with Crippen LogP contribution in [0.25, 0.3) is 0 Å². The van der Waals surface area contributed by atoms with E-state index in [0.29, 0.717) is 6.54 Å². The van der Waals surface area contributed by atoms with E-state index in [1.165, 1.54) is 30.3 Å². The number of carbonyl (C=O) groups is 2. The van der Waals surface area contributed by atoms with Crippen molar-refractivity contribution in [1.29, 1.82) is 0 Å². The largest absolute Gasteiger partial charge is 0.350 e.